The Hall–Kier alpha value is -4.28. The van der Waals surface area contributed by atoms with Gasteiger partial charge in [-0.25, -0.2) is 4.98 Å². The van der Waals surface area contributed by atoms with Crippen LogP contribution in [0.1, 0.15) is 66.9 Å². The Morgan fingerprint density at radius 1 is 0.955 bits per heavy atom. The molecule has 2 aliphatic rings. The number of likely N-dealkylation sites (tertiary alicyclic amines) is 1. The van der Waals surface area contributed by atoms with E-state index in [-0.39, 0.29) is 41.6 Å². The van der Waals surface area contributed by atoms with E-state index in [1.807, 2.05) is 7.05 Å². The lowest BCUT2D eigenvalue weighted by atomic mass is 9.87. The number of piperidine rings is 1. The van der Waals surface area contributed by atoms with Crippen molar-refractivity contribution in [1.82, 2.24) is 24.8 Å². The van der Waals surface area contributed by atoms with Crippen LogP contribution in [0.15, 0.2) is 29.2 Å². The van der Waals surface area contributed by atoms with Gasteiger partial charge >= 0.3 is 0 Å². The van der Waals surface area contributed by atoms with Crippen LogP contribution in [-0.2, 0) is 6.42 Å². The zero-order chi connectivity index (χ0) is 31.4. The molecule has 2 amide bonds. The Kier molecular flexibility index (Phi) is 7.67. The highest BCUT2D eigenvalue weighted by Gasteiger charge is 2.41. The standard InChI is InChI=1S/C34H40N6O4/c1-17-18(2)20(4)24(21(5)19(17)3)13-22(16-41)36-27-7-10-35-32(42)30(27)31-37-28-14-25-26(15-29(28)38-31)34(44)40(33(25)43)23-8-11-39(6)12-9-23/h7,10,14-15,22-23,41H,8-9,11-13,16H2,1-6H3,(H,37,38)(H2,35,36,42)/t22-/m1/s1. The molecule has 0 aliphatic carbocycles. The molecule has 2 aromatic carbocycles. The first kappa shape index (κ1) is 29.8. The molecular formula is C34H40N6O4. The van der Waals surface area contributed by atoms with Crippen molar-refractivity contribution in [3.05, 3.63) is 79.3 Å². The third kappa shape index (κ3) is 4.92. The number of nitrogens with zero attached hydrogens (tertiary/aromatic N) is 3. The Morgan fingerprint density at radius 3 is 2.20 bits per heavy atom. The third-order valence-corrected chi connectivity index (χ3v) is 9.96. The number of imidazole rings is 1. The number of aliphatic hydroxyl groups excluding tert-OH is 1. The molecule has 2 aliphatic heterocycles. The van der Waals surface area contributed by atoms with Crippen LogP contribution in [0.4, 0.5) is 5.69 Å². The van der Waals surface area contributed by atoms with Crippen LogP contribution >= 0.6 is 0 Å². The van der Waals surface area contributed by atoms with Crippen molar-refractivity contribution in [2.45, 2.75) is 66.0 Å². The van der Waals surface area contributed by atoms with E-state index in [0.29, 0.717) is 40.1 Å². The summed E-state index contributed by atoms with van der Waals surface area (Å²) >= 11 is 0. The molecule has 6 rings (SSSR count). The Labute approximate surface area is 256 Å². The second-order valence-electron chi connectivity index (χ2n) is 12.4. The quantitative estimate of drug-likeness (QED) is 0.235. The molecule has 1 saturated heterocycles. The van der Waals surface area contributed by atoms with Gasteiger partial charge in [0, 0.05) is 12.2 Å². The fraction of sp³-hybridized carbons (Fsp3) is 0.412. The number of nitrogens with one attached hydrogen (secondary N) is 3. The first-order valence-electron chi connectivity index (χ1n) is 15.3. The largest absolute Gasteiger partial charge is 0.394 e. The van der Waals surface area contributed by atoms with E-state index in [0.717, 1.165) is 25.9 Å². The number of aromatic nitrogens is 3. The second kappa shape index (κ2) is 11.3. The number of rotatable bonds is 7. The first-order chi connectivity index (χ1) is 21.0. The molecule has 1 atom stereocenters. The molecule has 0 spiro atoms. The van der Waals surface area contributed by atoms with Crippen LogP contribution < -0.4 is 10.9 Å². The molecule has 0 unspecified atom stereocenters. The van der Waals surface area contributed by atoms with E-state index >= 15 is 0 Å². The van der Waals surface area contributed by atoms with Gasteiger partial charge in [0.05, 0.1) is 40.5 Å². The number of aromatic amines is 2. The minimum Gasteiger partial charge on any atom is -0.394 e. The SMILES string of the molecule is Cc1c(C)c(C)c(C[C@H](CO)Nc2cc[nH]c(=O)c2-c2nc3cc4c(cc3[nH]2)C(=O)N(C2CCN(C)CC2)C4=O)c(C)c1C. The summed E-state index contributed by atoms with van der Waals surface area (Å²) in [5.74, 6) is -0.259. The summed E-state index contributed by atoms with van der Waals surface area (Å²) in [6.07, 6.45) is 3.65. The van der Waals surface area contributed by atoms with Crippen LogP contribution in [-0.4, -0.2) is 80.5 Å². The number of benzene rings is 2. The highest BCUT2D eigenvalue weighted by Crippen LogP contribution is 2.33. The number of H-pyrrole nitrogens is 2. The average molecular weight is 597 g/mol. The fourth-order valence-corrected chi connectivity index (χ4v) is 6.81. The predicted octanol–water partition coefficient (Wildman–Crippen LogP) is 4.17. The topological polar surface area (TPSA) is 134 Å². The van der Waals surface area contributed by atoms with Crippen molar-refractivity contribution >= 4 is 28.5 Å². The van der Waals surface area contributed by atoms with E-state index in [1.165, 1.54) is 38.3 Å². The second-order valence-corrected chi connectivity index (χ2v) is 12.4. The molecule has 230 valence electrons. The third-order valence-electron chi connectivity index (χ3n) is 9.96. The molecule has 2 aromatic heterocycles. The van der Waals surface area contributed by atoms with Crippen molar-refractivity contribution in [2.24, 2.45) is 0 Å². The number of amides is 2. The maximum Gasteiger partial charge on any atom is 0.261 e. The van der Waals surface area contributed by atoms with Gasteiger partial charge in [0.2, 0.25) is 0 Å². The van der Waals surface area contributed by atoms with Crippen molar-refractivity contribution in [3.63, 3.8) is 0 Å². The summed E-state index contributed by atoms with van der Waals surface area (Å²) in [6.45, 7) is 12.2. The van der Waals surface area contributed by atoms with E-state index in [2.05, 4.69) is 54.8 Å². The Balaban J connectivity index is 1.32. The summed E-state index contributed by atoms with van der Waals surface area (Å²) in [5, 5.41) is 13.8. The molecule has 10 heteroatoms. The lowest BCUT2D eigenvalue weighted by Gasteiger charge is -2.33. The Morgan fingerprint density at radius 2 is 1.57 bits per heavy atom. The lowest BCUT2D eigenvalue weighted by molar-refractivity contribution is 0.0516. The van der Waals surface area contributed by atoms with Crippen molar-refractivity contribution in [2.75, 3.05) is 32.1 Å². The molecule has 4 aromatic rings. The van der Waals surface area contributed by atoms with Gasteiger partial charge < -0.3 is 25.3 Å². The summed E-state index contributed by atoms with van der Waals surface area (Å²) in [5.41, 5.74) is 9.59. The van der Waals surface area contributed by atoms with Crippen LogP contribution in [0.3, 0.4) is 0 Å². The normalized spacial score (nSPS) is 16.7. The van der Waals surface area contributed by atoms with E-state index in [4.69, 9.17) is 4.98 Å². The summed E-state index contributed by atoms with van der Waals surface area (Å²) in [4.78, 5) is 54.2. The molecule has 4 heterocycles. The van der Waals surface area contributed by atoms with Crippen molar-refractivity contribution in [3.8, 4) is 11.4 Å². The number of fused-ring (bicyclic) bond motifs is 2. The van der Waals surface area contributed by atoms with E-state index < -0.39 is 0 Å². The number of carbonyl (C=O) groups is 2. The van der Waals surface area contributed by atoms with Gasteiger partial charge in [0.15, 0.2) is 0 Å². The van der Waals surface area contributed by atoms with Gasteiger partial charge in [-0.15, -0.1) is 0 Å². The van der Waals surface area contributed by atoms with Gasteiger partial charge in [0.1, 0.15) is 11.4 Å². The van der Waals surface area contributed by atoms with Gasteiger partial charge in [-0.3, -0.25) is 19.3 Å². The fourth-order valence-electron chi connectivity index (χ4n) is 6.81. The first-order valence-corrected chi connectivity index (χ1v) is 15.3. The van der Waals surface area contributed by atoms with Gasteiger partial charge in [-0.05, 0) is 126 Å². The monoisotopic (exact) mass is 596 g/mol. The Bertz CT molecular complexity index is 1780. The van der Waals surface area contributed by atoms with Crippen LogP contribution in [0.5, 0.6) is 0 Å². The molecular weight excluding hydrogens is 556 g/mol. The minimum absolute atomic E-state index is 0.114. The number of hydrogen-bond acceptors (Lipinski definition) is 7. The molecule has 44 heavy (non-hydrogen) atoms. The average Bonchev–Trinajstić information content (AvgIpc) is 3.53. The number of aliphatic hydroxyl groups is 1. The summed E-state index contributed by atoms with van der Waals surface area (Å²) < 4.78 is 0. The molecule has 0 saturated carbocycles. The van der Waals surface area contributed by atoms with Crippen molar-refractivity contribution < 1.29 is 14.7 Å². The number of carbonyl (C=O) groups excluding carboxylic acids is 2. The molecule has 1 fully saturated rings. The number of imide groups is 1. The van der Waals surface area contributed by atoms with Crippen LogP contribution in [0.25, 0.3) is 22.4 Å². The predicted molar refractivity (Wildman–Crippen MR) is 171 cm³/mol. The van der Waals surface area contributed by atoms with Gasteiger partial charge in [-0.2, -0.15) is 0 Å². The molecule has 4 N–H and O–H groups in total. The summed E-state index contributed by atoms with van der Waals surface area (Å²) in [6, 6.07) is 4.60. The van der Waals surface area contributed by atoms with Crippen LogP contribution in [0.2, 0.25) is 0 Å². The minimum atomic E-state index is -0.358. The number of hydrogen-bond donors (Lipinski definition) is 4. The van der Waals surface area contributed by atoms with Crippen LogP contribution in [0, 0.1) is 34.6 Å². The summed E-state index contributed by atoms with van der Waals surface area (Å²) in [7, 11) is 2.04. The van der Waals surface area contributed by atoms with E-state index in [1.54, 1.807) is 24.4 Å². The van der Waals surface area contributed by atoms with E-state index in [9.17, 15) is 19.5 Å². The number of pyridine rings is 1. The van der Waals surface area contributed by atoms with Gasteiger partial charge in [0.25, 0.3) is 17.4 Å². The van der Waals surface area contributed by atoms with Crippen molar-refractivity contribution in [1.29, 1.82) is 0 Å². The molecule has 0 bridgehead atoms. The molecule has 0 radical (unpaired) electrons. The molecule has 10 nitrogen and oxygen atoms in total. The zero-order valence-corrected chi connectivity index (χ0v) is 26.2. The zero-order valence-electron chi connectivity index (χ0n) is 26.2. The maximum absolute atomic E-state index is 13.4. The highest BCUT2D eigenvalue weighted by molar-refractivity contribution is 6.23. The maximum atomic E-state index is 13.4. The van der Waals surface area contributed by atoms with Gasteiger partial charge in [-0.1, -0.05) is 0 Å². The smallest absolute Gasteiger partial charge is 0.261 e. The number of anilines is 1. The lowest BCUT2D eigenvalue weighted by Crippen LogP contribution is -2.46. The highest BCUT2D eigenvalue weighted by atomic mass is 16.3.